The summed E-state index contributed by atoms with van der Waals surface area (Å²) in [5.41, 5.74) is 1.06. The molecule has 1 aromatic heterocycles. The molecule has 0 aliphatic heterocycles. The molecule has 0 saturated carbocycles. The molecule has 0 radical (unpaired) electrons. The van der Waals surface area contributed by atoms with Crippen LogP contribution in [0.4, 0.5) is 5.69 Å². The third-order valence-electron chi connectivity index (χ3n) is 2.57. The maximum atomic E-state index is 12.2. The van der Waals surface area contributed by atoms with Gasteiger partial charge in [-0.2, -0.15) is 5.26 Å². The lowest BCUT2D eigenvalue weighted by atomic mass is 10.2. The summed E-state index contributed by atoms with van der Waals surface area (Å²) in [6, 6.07) is 9.64. The Morgan fingerprint density at radius 1 is 1.33 bits per heavy atom. The lowest BCUT2D eigenvalue weighted by Gasteiger charge is -2.08. The Morgan fingerprint density at radius 3 is 2.57 bits per heavy atom. The molecule has 0 unspecified atom stereocenters. The molecule has 2 rings (SSSR count). The minimum atomic E-state index is -3.71. The molecule has 0 aliphatic rings. The van der Waals surface area contributed by atoms with Gasteiger partial charge in [0.05, 0.1) is 33.7 Å². The number of pyridine rings is 1. The predicted molar refractivity (Wildman–Crippen MR) is 83.5 cm³/mol. The molecule has 0 saturated heterocycles. The van der Waals surface area contributed by atoms with Gasteiger partial charge in [0.2, 0.25) is 0 Å². The van der Waals surface area contributed by atoms with Crippen molar-refractivity contribution < 1.29 is 8.42 Å². The third kappa shape index (κ3) is 3.94. The smallest absolute Gasteiger partial charge is 0.261 e. The molecule has 0 aliphatic carbocycles. The summed E-state index contributed by atoms with van der Waals surface area (Å²) < 4.78 is 27.3. The summed E-state index contributed by atoms with van der Waals surface area (Å²) in [5.74, 6) is 0. The minimum absolute atomic E-state index is 0.107. The number of nitrogens with zero attached hydrogens (tertiary/aromatic N) is 2. The van der Waals surface area contributed by atoms with Gasteiger partial charge in [-0.3, -0.25) is 4.72 Å². The number of benzene rings is 1. The van der Waals surface area contributed by atoms with Gasteiger partial charge in [0.15, 0.2) is 0 Å². The van der Waals surface area contributed by atoms with Crippen LogP contribution in [-0.2, 0) is 16.4 Å². The van der Waals surface area contributed by atoms with E-state index in [4.69, 9.17) is 16.9 Å². The molecule has 0 bridgehead atoms. The standard InChI is InChI=1S/C13H9BrClN3O2S/c14-12-7-10(8-17-13(12)15)18-21(19,20)11-3-1-9(2-4-11)5-6-16/h1-4,7-8,18H,5H2. The van der Waals surface area contributed by atoms with Crippen LogP contribution in [0.3, 0.4) is 0 Å². The number of nitriles is 1. The van der Waals surface area contributed by atoms with Gasteiger partial charge in [0.1, 0.15) is 5.15 Å². The summed E-state index contributed by atoms with van der Waals surface area (Å²) in [6.07, 6.45) is 1.57. The van der Waals surface area contributed by atoms with E-state index in [9.17, 15) is 8.42 Å². The molecule has 1 aromatic carbocycles. The van der Waals surface area contributed by atoms with Gasteiger partial charge in [-0.25, -0.2) is 13.4 Å². The molecule has 2 aromatic rings. The zero-order chi connectivity index (χ0) is 15.5. The summed E-state index contributed by atoms with van der Waals surface area (Å²) in [5, 5.41) is 8.84. The largest absolute Gasteiger partial charge is 0.278 e. The van der Waals surface area contributed by atoms with Crippen LogP contribution in [0.5, 0.6) is 0 Å². The fourth-order valence-corrected chi connectivity index (χ4v) is 3.06. The number of hydrogen-bond donors (Lipinski definition) is 1. The molecule has 0 atom stereocenters. The highest BCUT2D eigenvalue weighted by atomic mass is 79.9. The Balaban J connectivity index is 2.25. The number of sulfonamides is 1. The van der Waals surface area contributed by atoms with Crippen molar-refractivity contribution in [1.29, 1.82) is 5.26 Å². The molecule has 5 nitrogen and oxygen atoms in total. The van der Waals surface area contributed by atoms with Gasteiger partial charge in [0, 0.05) is 0 Å². The third-order valence-corrected chi connectivity index (χ3v) is 5.10. The Bertz CT molecular complexity index is 801. The first-order valence-electron chi connectivity index (χ1n) is 5.72. The van der Waals surface area contributed by atoms with Crippen molar-refractivity contribution in [3.8, 4) is 6.07 Å². The Kier molecular flexibility index (Phi) is 4.83. The quantitative estimate of drug-likeness (QED) is 0.817. The van der Waals surface area contributed by atoms with E-state index in [-0.39, 0.29) is 16.5 Å². The van der Waals surface area contributed by atoms with Crippen molar-refractivity contribution in [2.45, 2.75) is 11.3 Å². The SMILES string of the molecule is N#CCc1ccc(S(=O)(=O)Nc2cnc(Cl)c(Br)c2)cc1. The Morgan fingerprint density at radius 2 is 2.00 bits per heavy atom. The van der Waals surface area contributed by atoms with Crippen LogP contribution in [0.2, 0.25) is 5.15 Å². The first-order chi connectivity index (χ1) is 9.92. The maximum absolute atomic E-state index is 12.2. The average Bonchev–Trinajstić information content (AvgIpc) is 2.44. The van der Waals surface area contributed by atoms with Crippen LogP contribution in [0.25, 0.3) is 0 Å². The van der Waals surface area contributed by atoms with Gasteiger partial charge in [-0.05, 0) is 39.7 Å². The topological polar surface area (TPSA) is 82.8 Å². The van der Waals surface area contributed by atoms with Crippen LogP contribution >= 0.6 is 27.5 Å². The van der Waals surface area contributed by atoms with Crippen molar-refractivity contribution in [3.05, 3.63) is 51.7 Å². The Labute approximate surface area is 135 Å². The fraction of sp³-hybridized carbons (Fsp3) is 0.0769. The number of rotatable bonds is 4. The van der Waals surface area contributed by atoms with Crippen LogP contribution < -0.4 is 4.72 Å². The molecule has 21 heavy (non-hydrogen) atoms. The monoisotopic (exact) mass is 385 g/mol. The van der Waals surface area contributed by atoms with E-state index in [1.165, 1.54) is 24.4 Å². The van der Waals surface area contributed by atoms with Crippen molar-refractivity contribution in [1.82, 2.24) is 4.98 Å². The van der Waals surface area contributed by atoms with Gasteiger partial charge < -0.3 is 0 Å². The molecule has 108 valence electrons. The average molecular weight is 387 g/mol. The summed E-state index contributed by atoms with van der Waals surface area (Å²) in [4.78, 5) is 3.96. The molecule has 0 fully saturated rings. The zero-order valence-electron chi connectivity index (χ0n) is 10.5. The molecular formula is C13H9BrClN3O2S. The second-order valence-corrected chi connectivity index (χ2v) is 6.98. The second-order valence-electron chi connectivity index (χ2n) is 4.08. The van der Waals surface area contributed by atoms with Crippen LogP contribution in [-0.4, -0.2) is 13.4 Å². The Hall–Kier alpha value is -1.62. The number of hydrogen-bond acceptors (Lipinski definition) is 4. The molecule has 1 N–H and O–H groups in total. The predicted octanol–water partition coefficient (Wildman–Crippen LogP) is 3.36. The van der Waals surface area contributed by atoms with Crippen molar-refractivity contribution >= 4 is 43.2 Å². The van der Waals surface area contributed by atoms with Gasteiger partial charge >= 0.3 is 0 Å². The van der Waals surface area contributed by atoms with E-state index in [0.29, 0.717) is 10.2 Å². The van der Waals surface area contributed by atoms with Crippen molar-refractivity contribution in [2.75, 3.05) is 4.72 Å². The van der Waals surface area contributed by atoms with Crippen LogP contribution in [0.15, 0.2) is 45.9 Å². The normalized spacial score (nSPS) is 10.9. The molecule has 1 heterocycles. The first-order valence-corrected chi connectivity index (χ1v) is 8.37. The van der Waals surface area contributed by atoms with Crippen molar-refractivity contribution in [3.63, 3.8) is 0 Å². The second kappa shape index (κ2) is 6.43. The molecular weight excluding hydrogens is 378 g/mol. The highest BCUT2D eigenvalue weighted by Gasteiger charge is 2.15. The first kappa shape index (κ1) is 15.8. The minimum Gasteiger partial charge on any atom is -0.278 e. The number of halogens is 2. The van der Waals surface area contributed by atoms with Crippen molar-refractivity contribution in [2.24, 2.45) is 0 Å². The van der Waals surface area contributed by atoms with E-state index in [1.807, 2.05) is 6.07 Å². The van der Waals surface area contributed by atoms with Gasteiger partial charge in [-0.15, -0.1) is 0 Å². The van der Waals surface area contributed by atoms with Gasteiger partial charge in [-0.1, -0.05) is 23.7 Å². The summed E-state index contributed by atoms with van der Waals surface area (Å²) >= 11 is 8.93. The molecule has 8 heteroatoms. The number of anilines is 1. The van der Waals surface area contributed by atoms with E-state index >= 15 is 0 Å². The summed E-state index contributed by atoms with van der Waals surface area (Å²) in [7, 11) is -3.71. The van der Waals surface area contributed by atoms with Crippen LogP contribution in [0, 0.1) is 11.3 Å². The van der Waals surface area contributed by atoms with E-state index in [1.54, 1.807) is 12.1 Å². The number of nitrogens with one attached hydrogen (secondary N) is 1. The number of aromatic nitrogens is 1. The zero-order valence-corrected chi connectivity index (χ0v) is 13.7. The fourth-order valence-electron chi connectivity index (χ4n) is 1.57. The highest BCUT2D eigenvalue weighted by molar-refractivity contribution is 9.10. The molecule has 0 amide bonds. The summed E-state index contributed by atoms with van der Waals surface area (Å²) in [6.45, 7) is 0. The van der Waals surface area contributed by atoms with E-state index < -0.39 is 10.0 Å². The molecule has 0 spiro atoms. The highest BCUT2D eigenvalue weighted by Crippen LogP contribution is 2.24. The lowest BCUT2D eigenvalue weighted by Crippen LogP contribution is -2.13. The van der Waals surface area contributed by atoms with E-state index in [0.717, 1.165) is 5.56 Å². The van der Waals surface area contributed by atoms with E-state index in [2.05, 4.69) is 25.6 Å². The van der Waals surface area contributed by atoms with Crippen LogP contribution in [0.1, 0.15) is 5.56 Å². The van der Waals surface area contributed by atoms with Gasteiger partial charge in [0.25, 0.3) is 10.0 Å². The maximum Gasteiger partial charge on any atom is 0.261 e. The lowest BCUT2D eigenvalue weighted by molar-refractivity contribution is 0.601.